The Kier molecular flexibility index (Phi) is 10.6. The minimum absolute atomic E-state index is 0.0313. The molecule has 1 heterocycles. The molecule has 0 unspecified atom stereocenters. The van der Waals surface area contributed by atoms with Gasteiger partial charge in [-0.1, -0.05) is 60.7 Å². The summed E-state index contributed by atoms with van der Waals surface area (Å²) >= 11 is 0. The van der Waals surface area contributed by atoms with Crippen LogP contribution in [0.1, 0.15) is 33.4 Å². The molecule has 1 aliphatic carbocycles. The van der Waals surface area contributed by atoms with Crippen molar-refractivity contribution >= 4 is 10.0 Å². The number of hydrogen-bond donors (Lipinski definition) is 0. The standard InChI is InChI=1S/C41H37F3N5O5S/c1-52-31-16-10-27(11-17-31)24-48(25-28-12-18-32(53-2)19-13-28)55(50,51)39-37(41(42,43)44)23-22-36(35-9-5-7-30-6-4-8-34(30)35)38(39)40-45-46-47-49(40)26-29-14-20-33(54-3)21-15-29/h4-5,7,9-23H,6,8,24-26H2,1-3H3. The number of nitrogens with zero attached hydrogens (tertiary/aromatic N) is 5. The summed E-state index contributed by atoms with van der Waals surface area (Å²) in [6, 6.07) is 28.2. The van der Waals surface area contributed by atoms with Gasteiger partial charge in [-0.05, 0) is 111 Å². The molecule has 7 rings (SSSR count). The van der Waals surface area contributed by atoms with Crippen molar-refractivity contribution < 1.29 is 35.8 Å². The van der Waals surface area contributed by atoms with Crippen LogP contribution in [0.4, 0.5) is 13.2 Å². The van der Waals surface area contributed by atoms with Crippen LogP contribution in [0.15, 0.2) is 108 Å². The van der Waals surface area contributed by atoms with Gasteiger partial charge in [0.1, 0.15) is 22.1 Å². The summed E-state index contributed by atoms with van der Waals surface area (Å²) in [5, 5.41) is 12.3. The maximum absolute atomic E-state index is 15.4. The zero-order chi connectivity index (χ0) is 38.7. The van der Waals surface area contributed by atoms with Gasteiger partial charge in [-0.3, -0.25) is 0 Å². The van der Waals surface area contributed by atoms with E-state index in [1.807, 2.05) is 12.1 Å². The molecular formula is C41H37F3N5O5S. The summed E-state index contributed by atoms with van der Waals surface area (Å²) < 4.78 is 95.2. The highest BCUT2D eigenvalue weighted by molar-refractivity contribution is 7.89. The van der Waals surface area contributed by atoms with Gasteiger partial charge in [-0.15, -0.1) is 5.10 Å². The smallest absolute Gasteiger partial charge is 0.417 e. The first kappa shape index (κ1) is 37.6. The van der Waals surface area contributed by atoms with Gasteiger partial charge in [0.2, 0.25) is 10.0 Å². The Bertz CT molecular complexity index is 2350. The Morgan fingerprint density at radius 3 is 1.82 bits per heavy atom. The van der Waals surface area contributed by atoms with E-state index >= 15 is 21.6 Å². The van der Waals surface area contributed by atoms with Gasteiger partial charge in [0.05, 0.1) is 33.4 Å². The van der Waals surface area contributed by atoms with E-state index in [1.54, 1.807) is 78.9 Å². The minimum Gasteiger partial charge on any atom is -0.497 e. The number of sulfonamides is 1. The Labute approximate surface area is 317 Å². The fraction of sp³-hybridized carbons (Fsp3) is 0.220. The summed E-state index contributed by atoms with van der Waals surface area (Å²) in [7, 11) is -0.477. The van der Waals surface area contributed by atoms with Crippen LogP contribution < -0.4 is 14.2 Å². The molecular weight excluding hydrogens is 732 g/mol. The first-order chi connectivity index (χ1) is 26.5. The van der Waals surface area contributed by atoms with E-state index in [4.69, 9.17) is 14.2 Å². The molecule has 5 aromatic carbocycles. The Morgan fingerprint density at radius 1 is 0.709 bits per heavy atom. The summed E-state index contributed by atoms with van der Waals surface area (Å²) in [5.74, 6) is 1.56. The van der Waals surface area contributed by atoms with Crippen LogP contribution in [0.5, 0.6) is 17.2 Å². The molecule has 10 nitrogen and oxygen atoms in total. The maximum Gasteiger partial charge on any atom is 0.417 e. The van der Waals surface area contributed by atoms with Crippen LogP contribution in [0.25, 0.3) is 22.5 Å². The van der Waals surface area contributed by atoms with Crippen molar-refractivity contribution in [2.45, 2.75) is 43.5 Å². The topological polar surface area (TPSA) is 109 Å². The molecule has 0 amide bonds. The molecule has 1 radical (unpaired) electrons. The molecule has 283 valence electrons. The average Bonchev–Trinajstić information content (AvgIpc) is 3.87. The predicted octanol–water partition coefficient (Wildman–Crippen LogP) is 7.79. The number of halogens is 3. The summed E-state index contributed by atoms with van der Waals surface area (Å²) in [4.78, 5) is -0.940. The first-order valence-corrected chi connectivity index (χ1v) is 18.8. The highest BCUT2D eigenvalue weighted by Gasteiger charge is 2.43. The molecule has 55 heavy (non-hydrogen) atoms. The average molecular weight is 769 g/mol. The lowest BCUT2D eigenvalue weighted by Crippen LogP contribution is -2.32. The van der Waals surface area contributed by atoms with E-state index in [2.05, 4.69) is 21.9 Å². The molecule has 1 aromatic heterocycles. The molecule has 0 atom stereocenters. The van der Waals surface area contributed by atoms with E-state index in [-0.39, 0.29) is 36.6 Å². The molecule has 14 heteroatoms. The summed E-state index contributed by atoms with van der Waals surface area (Å²) in [6.07, 6.45) is -1.76. The second-order valence-electron chi connectivity index (χ2n) is 13.0. The number of tetrazole rings is 1. The number of rotatable bonds is 13. The van der Waals surface area contributed by atoms with Crippen molar-refractivity contribution in [3.63, 3.8) is 0 Å². The van der Waals surface area contributed by atoms with Crippen molar-refractivity contribution in [1.29, 1.82) is 0 Å². The van der Waals surface area contributed by atoms with Crippen molar-refractivity contribution in [2.24, 2.45) is 0 Å². The fourth-order valence-electron chi connectivity index (χ4n) is 6.83. The van der Waals surface area contributed by atoms with Crippen LogP contribution >= 0.6 is 0 Å². The molecule has 0 saturated carbocycles. The SMILES string of the molecule is COc1ccc(CN(Cc2ccc(OC)cc2)S(=O)(=O)c2c(C(F)(F)F)ccc(-c3cccc4c3C[CH]C4)c2-c2nnnn2Cc2ccc(OC)cc2)cc1. The number of aromatic nitrogens is 4. The molecule has 0 aliphatic heterocycles. The predicted molar refractivity (Wildman–Crippen MR) is 200 cm³/mol. The van der Waals surface area contributed by atoms with Gasteiger partial charge in [-0.25, -0.2) is 13.1 Å². The number of methoxy groups -OCH3 is 3. The lowest BCUT2D eigenvalue weighted by molar-refractivity contribution is -0.139. The van der Waals surface area contributed by atoms with Gasteiger partial charge >= 0.3 is 6.18 Å². The molecule has 6 aromatic rings. The van der Waals surface area contributed by atoms with E-state index in [0.717, 1.165) is 21.5 Å². The lowest BCUT2D eigenvalue weighted by Gasteiger charge is -2.27. The van der Waals surface area contributed by atoms with E-state index < -0.39 is 26.7 Å². The van der Waals surface area contributed by atoms with Gasteiger partial charge < -0.3 is 14.2 Å². The Balaban J connectivity index is 1.48. The molecule has 1 aliphatic rings. The van der Waals surface area contributed by atoms with Crippen LogP contribution in [-0.4, -0.2) is 54.3 Å². The van der Waals surface area contributed by atoms with Crippen molar-refractivity contribution in [2.75, 3.05) is 21.3 Å². The van der Waals surface area contributed by atoms with Crippen LogP contribution in [0.3, 0.4) is 0 Å². The first-order valence-electron chi connectivity index (χ1n) is 17.3. The van der Waals surface area contributed by atoms with Crippen LogP contribution in [0.2, 0.25) is 0 Å². The zero-order valence-electron chi connectivity index (χ0n) is 30.2. The molecule has 0 N–H and O–H groups in total. The van der Waals surface area contributed by atoms with E-state index in [1.165, 1.54) is 32.1 Å². The largest absolute Gasteiger partial charge is 0.497 e. The molecule has 0 fully saturated rings. The van der Waals surface area contributed by atoms with Gasteiger partial charge in [0.25, 0.3) is 0 Å². The van der Waals surface area contributed by atoms with Gasteiger partial charge in [0, 0.05) is 18.7 Å². The second-order valence-corrected chi connectivity index (χ2v) is 14.9. The normalized spacial score (nSPS) is 12.9. The van der Waals surface area contributed by atoms with Crippen LogP contribution in [-0.2, 0) is 48.7 Å². The second kappa shape index (κ2) is 15.6. The minimum atomic E-state index is -5.08. The molecule has 0 bridgehead atoms. The van der Waals surface area contributed by atoms with Crippen molar-refractivity contribution in [3.05, 3.63) is 143 Å². The Morgan fingerprint density at radius 2 is 1.27 bits per heavy atom. The number of ether oxygens (including phenoxy) is 3. The molecule has 0 spiro atoms. The fourth-order valence-corrected chi connectivity index (χ4v) is 8.65. The van der Waals surface area contributed by atoms with Gasteiger partial charge in [0.15, 0.2) is 5.82 Å². The highest BCUT2D eigenvalue weighted by Crippen LogP contribution is 2.47. The number of hydrogen-bond acceptors (Lipinski definition) is 8. The third-order valence-corrected chi connectivity index (χ3v) is 11.5. The quantitative estimate of drug-likeness (QED) is 0.117. The van der Waals surface area contributed by atoms with E-state index in [9.17, 15) is 0 Å². The summed E-state index contributed by atoms with van der Waals surface area (Å²) in [5.41, 5.74) is 2.96. The number of alkyl halides is 3. The number of fused-ring (bicyclic) bond motifs is 1. The van der Waals surface area contributed by atoms with Crippen molar-refractivity contribution in [1.82, 2.24) is 24.5 Å². The summed E-state index contributed by atoms with van der Waals surface area (Å²) in [6.45, 7) is -0.485. The monoisotopic (exact) mass is 768 g/mol. The Hall–Kier alpha value is -5.73. The zero-order valence-corrected chi connectivity index (χ0v) is 31.1. The van der Waals surface area contributed by atoms with Crippen molar-refractivity contribution in [3.8, 4) is 39.8 Å². The highest BCUT2D eigenvalue weighted by atomic mass is 32.2. The lowest BCUT2D eigenvalue weighted by atomic mass is 9.91. The van der Waals surface area contributed by atoms with Gasteiger partial charge in [-0.2, -0.15) is 17.5 Å². The van der Waals surface area contributed by atoms with Crippen LogP contribution in [0, 0.1) is 6.42 Å². The number of benzene rings is 5. The van der Waals surface area contributed by atoms with E-state index in [0.29, 0.717) is 52.3 Å². The maximum atomic E-state index is 15.4. The molecule has 0 saturated heterocycles. The third kappa shape index (κ3) is 7.78. The third-order valence-electron chi connectivity index (χ3n) is 9.62.